The zero-order valence-electron chi connectivity index (χ0n) is 14.2. The Morgan fingerprint density at radius 3 is 2.50 bits per heavy atom. The predicted molar refractivity (Wildman–Crippen MR) is 91.1 cm³/mol. The van der Waals surface area contributed by atoms with Crippen LogP contribution in [0.2, 0.25) is 0 Å². The van der Waals surface area contributed by atoms with Gasteiger partial charge in [0.2, 0.25) is 0 Å². The predicted octanol–water partition coefficient (Wildman–Crippen LogP) is -2.68. The van der Waals surface area contributed by atoms with E-state index >= 15 is 0 Å². The second kappa shape index (κ2) is 9.70. The van der Waals surface area contributed by atoms with Crippen molar-refractivity contribution in [3.8, 4) is 0 Å². The highest BCUT2D eigenvalue weighted by molar-refractivity contribution is 9.10. The molecule has 0 aliphatic rings. The zero-order chi connectivity index (χ0) is 20.9. The number of H-pyrrole nitrogens is 1. The molecule has 0 saturated heterocycles. The second-order valence-corrected chi connectivity index (χ2v) is 9.64. The molecule has 2 heterocycles. The van der Waals surface area contributed by atoms with Gasteiger partial charge in [-0.05, 0) is 29.7 Å². The summed E-state index contributed by atoms with van der Waals surface area (Å²) in [6.45, 7) is -0.610. The zero-order valence-corrected chi connectivity index (χ0v) is 17.6. The van der Waals surface area contributed by atoms with Crippen LogP contribution in [0.15, 0.2) is 15.9 Å². The molecule has 0 aliphatic heterocycles. The molecule has 2 aromatic rings. The van der Waals surface area contributed by atoms with Gasteiger partial charge in [-0.3, -0.25) is 4.79 Å². The molecule has 0 aliphatic carbocycles. The van der Waals surface area contributed by atoms with Crippen molar-refractivity contribution in [3.05, 3.63) is 21.4 Å². The van der Waals surface area contributed by atoms with Gasteiger partial charge in [0.1, 0.15) is 0 Å². The monoisotopic (exact) mass is 500 g/mol. The van der Waals surface area contributed by atoms with E-state index in [4.69, 9.17) is 9.47 Å². The van der Waals surface area contributed by atoms with Crippen molar-refractivity contribution in [1.29, 1.82) is 0 Å². The molecule has 28 heavy (non-hydrogen) atoms. The smallest absolute Gasteiger partial charge is 0.278 e. The van der Waals surface area contributed by atoms with Crippen LogP contribution in [0.25, 0.3) is 11.2 Å². The van der Waals surface area contributed by atoms with Crippen LogP contribution >= 0.6 is 31.1 Å². The van der Waals surface area contributed by atoms with Crippen molar-refractivity contribution in [2.45, 2.75) is 6.54 Å². The molecule has 2 aromatic heterocycles. The van der Waals surface area contributed by atoms with Gasteiger partial charge in [-0.15, -0.1) is 0 Å². The van der Waals surface area contributed by atoms with Gasteiger partial charge in [-0.1, -0.05) is 7.60 Å². The number of nitrogens with zero attached hydrogens (tertiary/aromatic N) is 3. The normalized spacial score (nSPS) is 13.9. The summed E-state index contributed by atoms with van der Waals surface area (Å²) < 4.78 is 33.2. The quantitative estimate of drug-likeness (QED) is 0.191. The SMILES string of the molecule is O=c1[nH]cnc2c1nc(Br)n2CC(COCCP(=O)([O-])[O-])COCP(=O)([O-])[O-]. The Morgan fingerprint density at radius 1 is 1.18 bits per heavy atom. The number of rotatable bonds is 11. The number of hydrogen-bond donors (Lipinski definition) is 1. The average Bonchev–Trinajstić information content (AvgIpc) is 2.87. The summed E-state index contributed by atoms with van der Waals surface area (Å²) in [5.74, 6) is -0.570. The van der Waals surface area contributed by atoms with E-state index in [1.54, 1.807) is 0 Å². The fourth-order valence-electron chi connectivity index (χ4n) is 2.25. The highest BCUT2D eigenvalue weighted by atomic mass is 79.9. The Hall–Kier alpha value is -0.950. The molecule has 0 radical (unpaired) electrons. The summed E-state index contributed by atoms with van der Waals surface area (Å²) >= 11 is 3.19. The van der Waals surface area contributed by atoms with Gasteiger partial charge < -0.3 is 47.7 Å². The molecule has 0 aromatic carbocycles. The van der Waals surface area contributed by atoms with E-state index in [1.165, 1.54) is 10.9 Å². The lowest BCUT2D eigenvalue weighted by atomic mass is 10.2. The Labute approximate surface area is 166 Å². The molecule has 0 saturated carbocycles. The molecule has 0 fully saturated rings. The lowest BCUT2D eigenvalue weighted by Crippen LogP contribution is -2.26. The van der Waals surface area contributed by atoms with Gasteiger partial charge in [0.05, 0.1) is 32.5 Å². The number of imidazole rings is 1. The minimum Gasteiger partial charge on any atom is -0.811 e. The molecule has 13 nitrogen and oxygen atoms in total. The van der Waals surface area contributed by atoms with Gasteiger partial charge in [-0.2, -0.15) is 0 Å². The third-order valence-corrected chi connectivity index (χ3v) is 5.23. The number of halogens is 1. The largest absolute Gasteiger partial charge is 0.811 e. The minimum atomic E-state index is -4.87. The van der Waals surface area contributed by atoms with Gasteiger partial charge >= 0.3 is 0 Å². The van der Waals surface area contributed by atoms with Crippen molar-refractivity contribution < 1.29 is 38.2 Å². The molecule has 1 unspecified atom stereocenters. The van der Waals surface area contributed by atoms with E-state index in [-0.39, 0.29) is 42.3 Å². The van der Waals surface area contributed by atoms with Crippen molar-refractivity contribution in [3.63, 3.8) is 0 Å². The average molecular weight is 501 g/mol. The molecule has 2 rings (SSSR count). The maximum absolute atomic E-state index is 11.8. The fraction of sp³-hybridized carbons (Fsp3) is 0.583. The van der Waals surface area contributed by atoms with E-state index in [9.17, 15) is 33.5 Å². The van der Waals surface area contributed by atoms with Crippen LogP contribution in [0.3, 0.4) is 0 Å². The van der Waals surface area contributed by atoms with Crippen LogP contribution in [0.5, 0.6) is 0 Å². The highest BCUT2D eigenvalue weighted by Gasteiger charge is 2.18. The number of aromatic amines is 1. The maximum Gasteiger partial charge on any atom is 0.278 e. The van der Waals surface area contributed by atoms with Gasteiger partial charge in [0.25, 0.3) is 5.56 Å². The minimum absolute atomic E-state index is 0.0669. The van der Waals surface area contributed by atoms with Crippen LogP contribution in [-0.2, 0) is 25.1 Å². The number of aromatic nitrogens is 4. The summed E-state index contributed by atoms with van der Waals surface area (Å²) in [6, 6.07) is 0. The summed E-state index contributed by atoms with van der Waals surface area (Å²) in [4.78, 5) is 65.0. The first-order valence-electron chi connectivity index (χ1n) is 7.73. The molecule has 0 bridgehead atoms. The maximum atomic E-state index is 11.8. The first-order chi connectivity index (χ1) is 13.0. The third kappa shape index (κ3) is 7.47. The van der Waals surface area contributed by atoms with Crippen LogP contribution in [0, 0.1) is 5.92 Å². The number of fused-ring (bicyclic) bond motifs is 1. The molecular formula is C12H15BrN4O9P2-4. The van der Waals surface area contributed by atoms with Gasteiger partial charge in [-0.25, -0.2) is 9.97 Å². The van der Waals surface area contributed by atoms with E-state index in [0.717, 1.165) is 0 Å². The second-order valence-electron chi connectivity index (χ2n) is 5.78. The number of nitrogens with one attached hydrogen (secondary N) is 1. The van der Waals surface area contributed by atoms with Gasteiger partial charge in [0, 0.05) is 12.5 Å². The molecule has 1 atom stereocenters. The Bertz CT molecular complexity index is 952. The van der Waals surface area contributed by atoms with E-state index in [1.807, 2.05) is 0 Å². The fourth-order valence-corrected chi connectivity index (χ4v) is 3.42. The molecule has 16 heteroatoms. The Morgan fingerprint density at radius 2 is 1.86 bits per heavy atom. The molecule has 0 spiro atoms. The van der Waals surface area contributed by atoms with E-state index in [2.05, 4.69) is 30.9 Å². The van der Waals surface area contributed by atoms with Crippen LogP contribution < -0.4 is 25.1 Å². The first kappa shape index (κ1) is 23.3. The Balaban J connectivity index is 2.11. The molecule has 158 valence electrons. The molecule has 1 N–H and O–H groups in total. The van der Waals surface area contributed by atoms with Crippen LogP contribution in [0.4, 0.5) is 0 Å². The van der Waals surface area contributed by atoms with E-state index < -0.39 is 39.2 Å². The lowest BCUT2D eigenvalue weighted by Gasteiger charge is -2.30. The highest BCUT2D eigenvalue weighted by Crippen LogP contribution is 2.24. The van der Waals surface area contributed by atoms with Gasteiger partial charge in [0.15, 0.2) is 15.9 Å². The van der Waals surface area contributed by atoms with Crippen molar-refractivity contribution in [1.82, 2.24) is 19.5 Å². The molecular weight excluding hydrogens is 486 g/mol. The van der Waals surface area contributed by atoms with Crippen molar-refractivity contribution in [2.24, 2.45) is 5.92 Å². The first-order valence-corrected chi connectivity index (χ1v) is 12.0. The number of hydrogen-bond acceptors (Lipinski definition) is 11. The lowest BCUT2D eigenvalue weighted by molar-refractivity contribution is -0.319. The van der Waals surface area contributed by atoms with Crippen LogP contribution in [0.1, 0.15) is 0 Å². The molecule has 0 amide bonds. The third-order valence-electron chi connectivity index (χ3n) is 3.40. The van der Waals surface area contributed by atoms with Crippen molar-refractivity contribution in [2.75, 3.05) is 32.3 Å². The standard InChI is InChI=1S/C12H19BrN4O9P2/c13-12-16-9-10(14-6-15-11(9)18)17(12)3-8(5-26-7-28(22,23)24)4-25-1-2-27(19,20)21/h6,8H,1-5,7H2,(H,14,15,18)(H2,19,20,21)(H2,22,23,24)/p-4. The van der Waals surface area contributed by atoms with E-state index in [0.29, 0.717) is 0 Å². The number of ether oxygens (including phenoxy) is 2. The topological polar surface area (TPSA) is 208 Å². The summed E-state index contributed by atoms with van der Waals surface area (Å²) in [5, 5.41) is 0. The summed E-state index contributed by atoms with van der Waals surface area (Å²) in [7, 11) is -9.59. The van der Waals surface area contributed by atoms with Crippen LogP contribution in [-0.4, -0.2) is 51.8 Å². The summed E-state index contributed by atoms with van der Waals surface area (Å²) in [5.41, 5.74) is -0.159. The summed E-state index contributed by atoms with van der Waals surface area (Å²) in [6.07, 6.45) is -0.544. The van der Waals surface area contributed by atoms with Crippen molar-refractivity contribution >= 4 is 42.3 Å². The Kier molecular flexibility index (Phi) is 8.08.